The molecule has 1 aliphatic carbocycles. The van der Waals surface area contributed by atoms with Gasteiger partial charge in [0.1, 0.15) is 11.1 Å². The van der Waals surface area contributed by atoms with E-state index in [1.54, 1.807) is 18.4 Å². The molecule has 8 heteroatoms. The quantitative estimate of drug-likeness (QED) is 0.332. The minimum Gasteiger partial charge on any atom is -0.375 e. The third-order valence-electron chi connectivity index (χ3n) is 5.25. The molecule has 3 rings (SSSR count). The Bertz CT molecular complexity index is 607. The van der Waals surface area contributed by atoms with Crippen molar-refractivity contribution in [3.05, 3.63) is 16.1 Å². The van der Waals surface area contributed by atoms with E-state index in [0.717, 1.165) is 42.3 Å². The van der Waals surface area contributed by atoms with Crippen molar-refractivity contribution in [1.82, 2.24) is 20.1 Å². The Labute approximate surface area is 184 Å². The van der Waals surface area contributed by atoms with Crippen LogP contribution in [0.15, 0.2) is 10.4 Å². The number of aliphatic imine (C=N–C) groups is 1. The van der Waals surface area contributed by atoms with Crippen molar-refractivity contribution in [3.63, 3.8) is 0 Å². The summed E-state index contributed by atoms with van der Waals surface area (Å²) in [6.07, 6.45) is 4.14. The van der Waals surface area contributed by atoms with Crippen molar-refractivity contribution >= 4 is 41.3 Å². The van der Waals surface area contributed by atoms with Gasteiger partial charge in [-0.1, -0.05) is 0 Å². The predicted octanol–water partition coefficient (Wildman–Crippen LogP) is 3.35. The summed E-state index contributed by atoms with van der Waals surface area (Å²) in [7, 11) is 3.81. The van der Waals surface area contributed by atoms with E-state index in [0.29, 0.717) is 5.92 Å². The molecule has 0 amide bonds. The number of aromatic nitrogens is 1. The topological polar surface area (TPSA) is 53.0 Å². The number of methoxy groups -OCH3 is 1. The van der Waals surface area contributed by atoms with E-state index in [-0.39, 0.29) is 30.1 Å². The van der Waals surface area contributed by atoms with Crippen LogP contribution < -0.4 is 5.32 Å². The second kappa shape index (κ2) is 10.9. The van der Waals surface area contributed by atoms with Crippen molar-refractivity contribution in [2.45, 2.75) is 51.8 Å². The molecular formula is C19H34IN5OS. The Hall–Kier alpha value is -0.450. The lowest BCUT2D eigenvalue weighted by atomic mass is 10.1. The number of nitrogens with one attached hydrogen (secondary N) is 1. The predicted molar refractivity (Wildman–Crippen MR) is 123 cm³/mol. The second-order valence-electron chi connectivity index (χ2n) is 7.49. The summed E-state index contributed by atoms with van der Waals surface area (Å²) in [4.78, 5) is 14.5. The number of likely N-dealkylation sites (tertiary alicyclic amines) is 1. The first-order chi connectivity index (χ1) is 12.6. The van der Waals surface area contributed by atoms with Gasteiger partial charge in [-0.2, -0.15) is 0 Å². The highest BCUT2D eigenvalue weighted by Gasteiger charge is 2.34. The molecule has 0 radical (unpaired) electrons. The number of guanidine groups is 1. The van der Waals surface area contributed by atoms with Crippen molar-refractivity contribution in [2.75, 3.05) is 40.3 Å². The van der Waals surface area contributed by atoms with Gasteiger partial charge in [0.25, 0.3) is 0 Å². The van der Waals surface area contributed by atoms with Gasteiger partial charge >= 0.3 is 0 Å². The monoisotopic (exact) mass is 507 g/mol. The molecule has 0 spiro atoms. The van der Waals surface area contributed by atoms with E-state index in [4.69, 9.17) is 14.7 Å². The van der Waals surface area contributed by atoms with Crippen LogP contribution in [0.4, 0.5) is 0 Å². The maximum Gasteiger partial charge on any atom is 0.194 e. The van der Waals surface area contributed by atoms with Gasteiger partial charge in [-0.25, -0.2) is 4.98 Å². The van der Waals surface area contributed by atoms with E-state index >= 15 is 0 Å². The Kier molecular flexibility index (Phi) is 9.24. The van der Waals surface area contributed by atoms with Gasteiger partial charge in [0, 0.05) is 45.2 Å². The number of rotatable bonds is 8. The molecule has 1 saturated carbocycles. The van der Waals surface area contributed by atoms with Crippen LogP contribution in [-0.2, 0) is 11.3 Å². The third-order valence-corrected chi connectivity index (χ3v) is 6.30. The first-order valence-corrected chi connectivity index (χ1v) is 10.7. The summed E-state index contributed by atoms with van der Waals surface area (Å²) in [5.41, 5.74) is 1.07. The Balaban J connectivity index is 0.00000261. The number of ether oxygens (including phenoxy) is 1. The summed E-state index contributed by atoms with van der Waals surface area (Å²) in [5.74, 6) is 1.68. The molecule has 1 aromatic heterocycles. The molecule has 1 aliphatic heterocycles. The molecule has 2 atom stereocenters. The number of nitrogens with zero attached hydrogens (tertiary/aromatic N) is 4. The SMILES string of the molecule is CCNC(=NCC1CCN(C2CC2)C1)N(C)Cc1csc(C(C)OC)n1.I. The van der Waals surface area contributed by atoms with E-state index in [2.05, 4.69) is 34.5 Å². The normalized spacial score (nSPS) is 21.8. The lowest BCUT2D eigenvalue weighted by molar-refractivity contribution is 0.119. The van der Waals surface area contributed by atoms with Crippen molar-refractivity contribution in [2.24, 2.45) is 10.9 Å². The maximum atomic E-state index is 5.36. The number of hydrogen-bond acceptors (Lipinski definition) is 5. The van der Waals surface area contributed by atoms with Crippen LogP contribution in [0.5, 0.6) is 0 Å². The lowest BCUT2D eigenvalue weighted by Gasteiger charge is -2.22. The Morgan fingerprint density at radius 3 is 2.93 bits per heavy atom. The van der Waals surface area contributed by atoms with Crippen LogP contribution in [0.2, 0.25) is 0 Å². The minimum atomic E-state index is 0. The zero-order valence-electron chi connectivity index (χ0n) is 17.0. The summed E-state index contributed by atoms with van der Waals surface area (Å²) in [6, 6.07) is 0.883. The average Bonchev–Trinajstić information content (AvgIpc) is 3.20. The molecule has 2 fully saturated rings. The van der Waals surface area contributed by atoms with Crippen LogP contribution in [0.3, 0.4) is 0 Å². The summed E-state index contributed by atoms with van der Waals surface area (Å²) in [6.45, 7) is 9.19. The Morgan fingerprint density at radius 2 is 2.26 bits per heavy atom. The molecule has 0 aromatic carbocycles. The first-order valence-electron chi connectivity index (χ1n) is 9.81. The third kappa shape index (κ3) is 6.54. The van der Waals surface area contributed by atoms with Crippen LogP contribution in [0.1, 0.15) is 49.9 Å². The van der Waals surface area contributed by atoms with Crippen molar-refractivity contribution in [3.8, 4) is 0 Å². The maximum absolute atomic E-state index is 5.36. The summed E-state index contributed by atoms with van der Waals surface area (Å²) >= 11 is 1.66. The average molecular weight is 507 g/mol. The van der Waals surface area contributed by atoms with E-state index in [9.17, 15) is 0 Å². The molecule has 1 saturated heterocycles. The van der Waals surface area contributed by atoms with Gasteiger partial charge in [0.2, 0.25) is 0 Å². The molecule has 154 valence electrons. The van der Waals surface area contributed by atoms with Gasteiger partial charge in [-0.05, 0) is 45.6 Å². The van der Waals surface area contributed by atoms with E-state index in [1.807, 2.05) is 6.92 Å². The van der Waals surface area contributed by atoms with E-state index < -0.39 is 0 Å². The van der Waals surface area contributed by atoms with Gasteiger partial charge in [-0.3, -0.25) is 4.99 Å². The standard InChI is InChI=1S/C19H33N5OS.HI/c1-5-20-19(21-10-15-8-9-24(11-15)17-6-7-17)23(3)12-16-13-26-18(22-16)14(2)25-4;/h13-15,17H,5-12H2,1-4H3,(H,20,21);1H. The van der Waals surface area contributed by atoms with Gasteiger partial charge in [0.15, 0.2) is 5.96 Å². The van der Waals surface area contributed by atoms with Crippen LogP contribution in [-0.4, -0.2) is 67.1 Å². The van der Waals surface area contributed by atoms with Gasteiger partial charge < -0.3 is 19.9 Å². The number of thiazole rings is 1. The fourth-order valence-electron chi connectivity index (χ4n) is 3.47. The van der Waals surface area contributed by atoms with Crippen molar-refractivity contribution in [1.29, 1.82) is 0 Å². The number of hydrogen-bond donors (Lipinski definition) is 1. The lowest BCUT2D eigenvalue weighted by Crippen LogP contribution is -2.39. The van der Waals surface area contributed by atoms with E-state index in [1.165, 1.54) is 32.4 Å². The zero-order chi connectivity index (χ0) is 18.5. The fourth-order valence-corrected chi connectivity index (χ4v) is 4.31. The smallest absolute Gasteiger partial charge is 0.194 e. The fraction of sp³-hybridized carbons (Fsp3) is 0.789. The van der Waals surface area contributed by atoms with Crippen molar-refractivity contribution < 1.29 is 4.74 Å². The minimum absolute atomic E-state index is 0. The van der Waals surface area contributed by atoms with Crippen LogP contribution in [0.25, 0.3) is 0 Å². The molecule has 27 heavy (non-hydrogen) atoms. The highest BCUT2D eigenvalue weighted by molar-refractivity contribution is 14.0. The largest absolute Gasteiger partial charge is 0.375 e. The highest BCUT2D eigenvalue weighted by atomic mass is 127. The molecule has 2 heterocycles. The molecule has 0 bridgehead atoms. The van der Waals surface area contributed by atoms with Crippen LogP contribution in [0, 0.1) is 5.92 Å². The highest BCUT2D eigenvalue weighted by Crippen LogP contribution is 2.31. The second-order valence-corrected chi connectivity index (χ2v) is 8.38. The molecule has 1 N–H and O–H groups in total. The molecule has 1 aromatic rings. The molecular weight excluding hydrogens is 473 g/mol. The summed E-state index contributed by atoms with van der Waals surface area (Å²) < 4.78 is 5.36. The van der Waals surface area contributed by atoms with Gasteiger partial charge in [-0.15, -0.1) is 35.3 Å². The Morgan fingerprint density at radius 1 is 1.48 bits per heavy atom. The van der Waals surface area contributed by atoms with Gasteiger partial charge in [0.05, 0.1) is 12.2 Å². The van der Waals surface area contributed by atoms with Crippen LogP contribution >= 0.6 is 35.3 Å². The number of halogens is 1. The zero-order valence-corrected chi connectivity index (χ0v) is 20.1. The molecule has 2 unspecified atom stereocenters. The first kappa shape index (κ1) is 22.8. The molecule has 2 aliphatic rings. The molecule has 6 nitrogen and oxygen atoms in total. The summed E-state index contributed by atoms with van der Waals surface area (Å²) in [5, 5.41) is 6.58.